The highest BCUT2D eigenvalue weighted by Gasteiger charge is 2.18. The summed E-state index contributed by atoms with van der Waals surface area (Å²) in [6.07, 6.45) is -0.933. The van der Waals surface area contributed by atoms with Crippen LogP contribution in [0.2, 0.25) is 0 Å². The first-order chi connectivity index (χ1) is 9.41. The third-order valence-corrected chi connectivity index (χ3v) is 3.87. The van der Waals surface area contributed by atoms with Crippen LogP contribution in [0.1, 0.15) is 38.5 Å². The Balaban J connectivity index is 2.46. The molecule has 108 valence electrons. The molecule has 5 nitrogen and oxygen atoms in total. The van der Waals surface area contributed by atoms with E-state index in [0.717, 1.165) is 11.8 Å². The molecule has 0 fully saturated rings. The van der Waals surface area contributed by atoms with Crippen LogP contribution in [-0.2, 0) is 0 Å². The lowest BCUT2D eigenvalue weighted by Crippen LogP contribution is -2.19. The molecule has 1 aromatic heterocycles. The molecule has 0 spiro atoms. The Morgan fingerprint density at radius 2 is 2.10 bits per heavy atom. The fraction of sp³-hybridized carbons (Fsp3) is 0.385. The zero-order valence-corrected chi connectivity index (χ0v) is 12.2. The molecule has 0 radical (unpaired) electrons. The molecule has 0 unspecified atom stereocenters. The SMILES string of the molecule is CC(C)n1c(Sc2cccc(F)c2[C@@H](C)O)n[nH]c1=O. The maximum atomic E-state index is 13.8. The van der Waals surface area contributed by atoms with Gasteiger partial charge in [-0.25, -0.2) is 14.3 Å². The Labute approximate surface area is 119 Å². The second-order valence-electron chi connectivity index (χ2n) is 4.70. The Kier molecular flexibility index (Phi) is 4.29. The highest BCUT2D eigenvalue weighted by atomic mass is 32.2. The standard InChI is InChI=1S/C13H16FN3O2S/c1-7(2)17-12(19)15-16-13(17)20-10-6-4-5-9(14)11(10)8(3)18/h4-8,18H,1-3H3,(H,15,19)/t8-/m1/s1. The molecule has 1 atom stereocenters. The molecular formula is C13H16FN3O2S. The minimum atomic E-state index is -0.933. The van der Waals surface area contributed by atoms with E-state index in [2.05, 4.69) is 10.2 Å². The van der Waals surface area contributed by atoms with Crippen LogP contribution in [0.4, 0.5) is 4.39 Å². The van der Waals surface area contributed by atoms with E-state index in [9.17, 15) is 14.3 Å². The fourth-order valence-electron chi connectivity index (χ4n) is 1.93. The Hall–Kier alpha value is -1.60. The van der Waals surface area contributed by atoms with Crippen LogP contribution in [0.5, 0.6) is 0 Å². The number of aromatic nitrogens is 3. The van der Waals surface area contributed by atoms with Gasteiger partial charge in [-0.3, -0.25) is 4.57 Å². The quantitative estimate of drug-likeness (QED) is 0.909. The summed E-state index contributed by atoms with van der Waals surface area (Å²) < 4.78 is 15.3. The number of aliphatic hydroxyl groups is 1. The van der Waals surface area contributed by atoms with Crippen LogP contribution < -0.4 is 5.69 Å². The maximum absolute atomic E-state index is 13.8. The average Bonchev–Trinajstić information content (AvgIpc) is 2.70. The minimum absolute atomic E-state index is 0.0627. The summed E-state index contributed by atoms with van der Waals surface area (Å²) in [7, 11) is 0. The maximum Gasteiger partial charge on any atom is 0.344 e. The molecule has 1 aromatic carbocycles. The lowest BCUT2D eigenvalue weighted by molar-refractivity contribution is 0.191. The Morgan fingerprint density at radius 1 is 1.40 bits per heavy atom. The van der Waals surface area contributed by atoms with E-state index in [1.807, 2.05) is 13.8 Å². The molecule has 0 aliphatic carbocycles. The third kappa shape index (κ3) is 2.78. The number of aromatic amines is 1. The van der Waals surface area contributed by atoms with Crippen molar-refractivity contribution in [3.05, 3.63) is 40.1 Å². The van der Waals surface area contributed by atoms with E-state index < -0.39 is 11.9 Å². The molecule has 0 saturated heterocycles. The predicted octanol–water partition coefficient (Wildman–Crippen LogP) is 2.50. The second kappa shape index (κ2) is 5.80. The molecule has 0 bridgehead atoms. The van der Waals surface area contributed by atoms with E-state index in [4.69, 9.17) is 0 Å². The largest absolute Gasteiger partial charge is 0.389 e. The molecule has 2 rings (SSSR count). The van der Waals surface area contributed by atoms with E-state index in [1.54, 1.807) is 12.1 Å². The van der Waals surface area contributed by atoms with Crippen LogP contribution in [0, 0.1) is 5.82 Å². The van der Waals surface area contributed by atoms with Gasteiger partial charge in [-0.05, 0) is 44.7 Å². The molecule has 0 aliphatic rings. The lowest BCUT2D eigenvalue weighted by Gasteiger charge is -2.13. The number of hydrogen-bond acceptors (Lipinski definition) is 4. The van der Waals surface area contributed by atoms with Crippen molar-refractivity contribution in [3.8, 4) is 0 Å². The molecule has 2 aromatic rings. The first kappa shape index (κ1) is 14.8. The third-order valence-electron chi connectivity index (χ3n) is 2.82. The zero-order valence-electron chi connectivity index (χ0n) is 11.4. The zero-order chi connectivity index (χ0) is 14.9. The average molecular weight is 297 g/mol. The number of H-pyrrole nitrogens is 1. The van der Waals surface area contributed by atoms with E-state index in [0.29, 0.717) is 10.1 Å². The van der Waals surface area contributed by atoms with Gasteiger partial charge in [0.2, 0.25) is 0 Å². The van der Waals surface area contributed by atoms with Crippen LogP contribution in [0.3, 0.4) is 0 Å². The van der Waals surface area contributed by atoms with Crippen LogP contribution in [0.25, 0.3) is 0 Å². The summed E-state index contributed by atoms with van der Waals surface area (Å²) in [5.74, 6) is -0.473. The number of nitrogens with one attached hydrogen (secondary N) is 1. The van der Waals surface area contributed by atoms with Crippen molar-refractivity contribution in [1.82, 2.24) is 14.8 Å². The Morgan fingerprint density at radius 3 is 2.70 bits per heavy atom. The summed E-state index contributed by atoms with van der Waals surface area (Å²) in [4.78, 5) is 12.2. The summed E-state index contributed by atoms with van der Waals surface area (Å²) in [6, 6.07) is 4.49. The molecule has 2 N–H and O–H groups in total. The highest BCUT2D eigenvalue weighted by Crippen LogP contribution is 2.33. The molecule has 0 saturated carbocycles. The van der Waals surface area contributed by atoms with E-state index >= 15 is 0 Å². The fourth-order valence-corrected chi connectivity index (χ4v) is 3.13. The van der Waals surface area contributed by atoms with Crippen molar-refractivity contribution in [2.75, 3.05) is 0 Å². The van der Waals surface area contributed by atoms with Crippen LogP contribution in [-0.4, -0.2) is 19.9 Å². The van der Waals surface area contributed by atoms with Crippen molar-refractivity contribution in [3.63, 3.8) is 0 Å². The first-order valence-corrected chi connectivity index (χ1v) is 7.04. The molecule has 1 heterocycles. The van der Waals surface area contributed by atoms with Crippen molar-refractivity contribution in [2.45, 2.75) is 43.0 Å². The van der Waals surface area contributed by atoms with Gasteiger partial charge in [0, 0.05) is 16.5 Å². The predicted molar refractivity (Wildman–Crippen MR) is 74.4 cm³/mol. The van der Waals surface area contributed by atoms with Gasteiger partial charge in [0.25, 0.3) is 0 Å². The lowest BCUT2D eigenvalue weighted by atomic mass is 10.1. The van der Waals surface area contributed by atoms with Gasteiger partial charge in [-0.15, -0.1) is 5.10 Å². The number of benzene rings is 1. The van der Waals surface area contributed by atoms with Gasteiger partial charge >= 0.3 is 5.69 Å². The molecule has 0 aliphatic heterocycles. The monoisotopic (exact) mass is 297 g/mol. The van der Waals surface area contributed by atoms with E-state index in [-0.39, 0.29) is 17.3 Å². The topological polar surface area (TPSA) is 70.9 Å². The van der Waals surface area contributed by atoms with Gasteiger partial charge in [-0.2, -0.15) is 0 Å². The van der Waals surface area contributed by atoms with Gasteiger partial charge in [0.05, 0.1) is 6.10 Å². The van der Waals surface area contributed by atoms with Gasteiger partial charge in [0.15, 0.2) is 5.16 Å². The highest BCUT2D eigenvalue weighted by molar-refractivity contribution is 7.99. The van der Waals surface area contributed by atoms with Crippen LogP contribution in [0.15, 0.2) is 33.0 Å². The van der Waals surface area contributed by atoms with Crippen molar-refractivity contribution in [1.29, 1.82) is 0 Å². The number of hydrogen-bond donors (Lipinski definition) is 2. The Bertz CT molecular complexity index is 664. The minimum Gasteiger partial charge on any atom is -0.389 e. The molecule has 20 heavy (non-hydrogen) atoms. The summed E-state index contributed by atoms with van der Waals surface area (Å²) in [5, 5.41) is 16.5. The smallest absolute Gasteiger partial charge is 0.344 e. The van der Waals surface area contributed by atoms with Gasteiger partial charge in [-0.1, -0.05) is 6.07 Å². The van der Waals surface area contributed by atoms with Crippen molar-refractivity contribution in [2.24, 2.45) is 0 Å². The number of rotatable bonds is 4. The normalized spacial score (nSPS) is 12.9. The van der Waals surface area contributed by atoms with Crippen molar-refractivity contribution < 1.29 is 9.50 Å². The summed E-state index contributed by atoms with van der Waals surface area (Å²) in [5.41, 5.74) is -0.0965. The van der Waals surface area contributed by atoms with E-state index in [1.165, 1.54) is 17.6 Å². The van der Waals surface area contributed by atoms with Gasteiger partial charge in [0.1, 0.15) is 5.82 Å². The first-order valence-electron chi connectivity index (χ1n) is 6.23. The van der Waals surface area contributed by atoms with Crippen LogP contribution >= 0.6 is 11.8 Å². The number of halogens is 1. The molecular weight excluding hydrogens is 281 g/mol. The molecule has 7 heteroatoms. The number of nitrogens with zero attached hydrogens (tertiary/aromatic N) is 2. The molecule has 0 amide bonds. The number of aliphatic hydroxyl groups excluding tert-OH is 1. The summed E-state index contributed by atoms with van der Waals surface area (Å²) >= 11 is 1.15. The van der Waals surface area contributed by atoms with Crippen molar-refractivity contribution >= 4 is 11.8 Å². The second-order valence-corrected chi connectivity index (χ2v) is 5.71. The van der Waals surface area contributed by atoms with Gasteiger partial charge < -0.3 is 5.11 Å². The summed E-state index contributed by atoms with van der Waals surface area (Å²) in [6.45, 7) is 5.23.